The molecule has 1 heterocycles. The van der Waals surface area contributed by atoms with Crippen molar-refractivity contribution in [3.63, 3.8) is 0 Å². The van der Waals surface area contributed by atoms with Crippen molar-refractivity contribution in [2.45, 2.75) is 19.8 Å². The molecule has 3 nitrogen and oxygen atoms in total. The lowest BCUT2D eigenvalue weighted by atomic mass is 10.1. The van der Waals surface area contributed by atoms with Crippen LogP contribution in [0.2, 0.25) is 0 Å². The molecule has 1 unspecified atom stereocenters. The number of hydrogen-bond acceptors (Lipinski definition) is 3. The van der Waals surface area contributed by atoms with E-state index in [1.165, 1.54) is 25.0 Å². The number of nitrogens with one attached hydrogen (secondary N) is 1. The molecule has 1 aliphatic heterocycles. The second kappa shape index (κ2) is 7.13. The lowest BCUT2D eigenvalue weighted by Crippen LogP contribution is -2.29. The second-order valence-corrected chi connectivity index (χ2v) is 6.11. The molecule has 116 valence electrons. The van der Waals surface area contributed by atoms with Crippen molar-refractivity contribution in [2.24, 2.45) is 11.7 Å². The van der Waals surface area contributed by atoms with Crippen LogP contribution in [0, 0.1) is 17.6 Å². The average molecular weight is 313 g/mol. The Hall–Kier alpha value is -1.27. The molecular weight excluding hydrogens is 292 g/mol. The summed E-state index contributed by atoms with van der Waals surface area (Å²) in [5.74, 6) is -1.01. The number of benzene rings is 1. The first-order valence-electron chi connectivity index (χ1n) is 7.22. The van der Waals surface area contributed by atoms with Crippen molar-refractivity contribution in [1.29, 1.82) is 0 Å². The minimum atomic E-state index is -0.661. The van der Waals surface area contributed by atoms with E-state index in [0.717, 1.165) is 19.6 Å². The number of anilines is 1. The minimum Gasteiger partial charge on any atom is -0.389 e. The zero-order valence-electron chi connectivity index (χ0n) is 12.2. The predicted molar refractivity (Wildman–Crippen MR) is 85.6 cm³/mol. The van der Waals surface area contributed by atoms with Gasteiger partial charge >= 0.3 is 0 Å². The van der Waals surface area contributed by atoms with Crippen molar-refractivity contribution < 1.29 is 8.78 Å². The molecule has 0 spiro atoms. The Morgan fingerprint density at radius 3 is 2.43 bits per heavy atom. The van der Waals surface area contributed by atoms with Crippen LogP contribution in [-0.4, -0.2) is 36.1 Å². The van der Waals surface area contributed by atoms with E-state index in [-0.39, 0.29) is 16.2 Å². The molecular formula is C15H21F2N3S. The number of likely N-dealkylation sites (tertiary alicyclic amines) is 1. The number of nitrogens with two attached hydrogens (primary N) is 1. The largest absolute Gasteiger partial charge is 0.389 e. The third-order valence-electron chi connectivity index (χ3n) is 3.72. The summed E-state index contributed by atoms with van der Waals surface area (Å²) >= 11 is 4.73. The highest BCUT2D eigenvalue weighted by Gasteiger charge is 2.16. The molecule has 1 fully saturated rings. The van der Waals surface area contributed by atoms with Crippen LogP contribution in [0.15, 0.2) is 12.1 Å². The summed E-state index contributed by atoms with van der Waals surface area (Å²) in [6.07, 6.45) is 2.48. The van der Waals surface area contributed by atoms with Crippen molar-refractivity contribution in [3.8, 4) is 0 Å². The van der Waals surface area contributed by atoms with Gasteiger partial charge in [-0.25, -0.2) is 8.78 Å². The molecule has 1 aromatic rings. The van der Waals surface area contributed by atoms with Crippen molar-refractivity contribution in [3.05, 3.63) is 29.3 Å². The quantitative estimate of drug-likeness (QED) is 0.793. The van der Waals surface area contributed by atoms with E-state index in [4.69, 9.17) is 18.0 Å². The van der Waals surface area contributed by atoms with Gasteiger partial charge in [-0.1, -0.05) is 19.1 Å². The summed E-state index contributed by atoms with van der Waals surface area (Å²) < 4.78 is 27.8. The van der Waals surface area contributed by atoms with Crippen LogP contribution in [0.25, 0.3) is 0 Å². The molecule has 2 rings (SSSR count). The fourth-order valence-corrected chi connectivity index (χ4v) is 2.75. The summed E-state index contributed by atoms with van der Waals surface area (Å²) in [4.78, 5) is 2.37. The molecule has 0 bridgehead atoms. The molecule has 0 saturated carbocycles. The Morgan fingerprint density at radius 1 is 1.33 bits per heavy atom. The van der Waals surface area contributed by atoms with Crippen molar-refractivity contribution >= 4 is 22.9 Å². The van der Waals surface area contributed by atoms with Gasteiger partial charge in [-0.2, -0.15) is 0 Å². The van der Waals surface area contributed by atoms with Gasteiger partial charge in [0.1, 0.15) is 22.3 Å². The van der Waals surface area contributed by atoms with Crippen molar-refractivity contribution in [2.75, 3.05) is 31.5 Å². The van der Waals surface area contributed by atoms with Gasteiger partial charge in [0.15, 0.2) is 0 Å². The molecule has 1 aromatic carbocycles. The van der Waals surface area contributed by atoms with Gasteiger partial charge in [0, 0.05) is 18.7 Å². The second-order valence-electron chi connectivity index (χ2n) is 5.67. The van der Waals surface area contributed by atoms with Gasteiger partial charge in [0.2, 0.25) is 0 Å². The van der Waals surface area contributed by atoms with Crippen LogP contribution in [0.5, 0.6) is 0 Å². The monoisotopic (exact) mass is 313 g/mol. The molecule has 0 amide bonds. The number of rotatable bonds is 6. The fraction of sp³-hybridized carbons (Fsp3) is 0.533. The SMILES string of the molecule is CC(CNc1c(F)cc(C(N)=S)cc1F)CN1CCCC1. The summed E-state index contributed by atoms with van der Waals surface area (Å²) in [7, 11) is 0. The van der Waals surface area contributed by atoms with Gasteiger partial charge in [-0.15, -0.1) is 0 Å². The van der Waals surface area contributed by atoms with E-state index in [1.54, 1.807) is 0 Å². The van der Waals surface area contributed by atoms with Gasteiger partial charge in [-0.05, 0) is 44.0 Å². The molecule has 6 heteroatoms. The zero-order chi connectivity index (χ0) is 15.4. The van der Waals surface area contributed by atoms with Crippen LogP contribution in [0.1, 0.15) is 25.3 Å². The Kier molecular flexibility index (Phi) is 5.47. The van der Waals surface area contributed by atoms with Gasteiger partial charge in [0.05, 0.1) is 0 Å². The maximum atomic E-state index is 13.9. The number of hydrogen-bond donors (Lipinski definition) is 2. The molecule has 1 saturated heterocycles. The van der Waals surface area contributed by atoms with Crippen LogP contribution in [0.4, 0.5) is 14.5 Å². The molecule has 1 aliphatic rings. The maximum Gasteiger partial charge on any atom is 0.150 e. The Morgan fingerprint density at radius 2 is 1.90 bits per heavy atom. The summed E-state index contributed by atoms with van der Waals surface area (Å²) in [5, 5.41) is 2.86. The van der Waals surface area contributed by atoms with Crippen molar-refractivity contribution in [1.82, 2.24) is 4.90 Å². The number of nitrogens with zero attached hydrogens (tertiary/aromatic N) is 1. The Labute approximate surface area is 129 Å². The van der Waals surface area contributed by atoms with E-state index >= 15 is 0 Å². The first-order chi connectivity index (χ1) is 9.97. The van der Waals surface area contributed by atoms with Crippen LogP contribution >= 0.6 is 12.2 Å². The standard InChI is InChI=1S/C15H21F2N3S/c1-10(9-20-4-2-3-5-20)8-19-14-12(16)6-11(15(18)21)7-13(14)17/h6-7,10,19H,2-5,8-9H2,1H3,(H2,18,21). The summed E-state index contributed by atoms with van der Waals surface area (Å²) in [6, 6.07) is 2.33. The van der Waals surface area contributed by atoms with E-state index < -0.39 is 11.6 Å². The van der Waals surface area contributed by atoms with Gasteiger partial charge in [0.25, 0.3) is 0 Å². The molecule has 0 aliphatic carbocycles. The highest BCUT2D eigenvalue weighted by molar-refractivity contribution is 7.80. The maximum absolute atomic E-state index is 13.9. The minimum absolute atomic E-state index is 0.0123. The first kappa shape index (κ1) is 16.1. The average Bonchev–Trinajstić information content (AvgIpc) is 2.90. The predicted octanol–water partition coefficient (Wildman–Crippen LogP) is 2.74. The van der Waals surface area contributed by atoms with Gasteiger partial charge < -0.3 is 16.0 Å². The molecule has 21 heavy (non-hydrogen) atoms. The molecule has 3 N–H and O–H groups in total. The van der Waals surface area contributed by atoms with E-state index in [1.807, 2.05) is 0 Å². The Bertz CT molecular complexity index is 493. The first-order valence-corrected chi connectivity index (χ1v) is 7.63. The smallest absolute Gasteiger partial charge is 0.150 e. The zero-order valence-corrected chi connectivity index (χ0v) is 13.0. The third-order valence-corrected chi connectivity index (χ3v) is 3.96. The topological polar surface area (TPSA) is 41.3 Å². The third kappa shape index (κ3) is 4.35. The summed E-state index contributed by atoms with van der Waals surface area (Å²) in [6.45, 7) is 5.79. The molecule has 0 aromatic heterocycles. The van der Waals surface area contributed by atoms with E-state index in [9.17, 15) is 8.78 Å². The lowest BCUT2D eigenvalue weighted by molar-refractivity contribution is 0.294. The molecule has 0 radical (unpaired) electrons. The van der Waals surface area contributed by atoms with Gasteiger partial charge in [-0.3, -0.25) is 0 Å². The lowest BCUT2D eigenvalue weighted by Gasteiger charge is -2.21. The Balaban J connectivity index is 1.94. The normalized spacial score (nSPS) is 16.9. The van der Waals surface area contributed by atoms with Crippen LogP contribution in [-0.2, 0) is 0 Å². The van der Waals surface area contributed by atoms with E-state index in [0.29, 0.717) is 12.5 Å². The highest BCUT2D eigenvalue weighted by Crippen LogP contribution is 2.21. The van der Waals surface area contributed by atoms with Crippen LogP contribution < -0.4 is 11.1 Å². The number of thiocarbonyl (C=S) groups is 1. The summed E-state index contributed by atoms with van der Waals surface area (Å²) in [5.41, 5.74) is 5.48. The number of halogens is 2. The van der Waals surface area contributed by atoms with Crippen LogP contribution in [0.3, 0.4) is 0 Å². The fourth-order valence-electron chi connectivity index (χ4n) is 2.63. The van der Waals surface area contributed by atoms with E-state index in [2.05, 4.69) is 17.1 Å². The molecule has 1 atom stereocenters. The highest BCUT2D eigenvalue weighted by atomic mass is 32.1.